The minimum atomic E-state index is -0.511. The fraction of sp³-hybridized carbons (Fsp3) is 0.231. The van der Waals surface area contributed by atoms with Gasteiger partial charge in [0, 0.05) is 11.7 Å². The van der Waals surface area contributed by atoms with Crippen LogP contribution in [0, 0.1) is 5.92 Å². The Balaban J connectivity index is 1.79. The molecule has 1 aliphatic carbocycles. The van der Waals surface area contributed by atoms with Gasteiger partial charge in [-0.1, -0.05) is 12.2 Å². The SMILES string of the molecule is NC1C=CC(C(=O)Nc2ccc3oc(=O)[nH]c3c2)C1. The number of hydrogen-bond acceptors (Lipinski definition) is 4. The molecule has 0 radical (unpaired) electrons. The van der Waals surface area contributed by atoms with Gasteiger partial charge in [-0.15, -0.1) is 0 Å². The maximum Gasteiger partial charge on any atom is 0.417 e. The molecule has 1 aromatic heterocycles. The van der Waals surface area contributed by atoms with Crippen molar-refractivity contribution in [2.24, 2.45) is 11.7 Å². The Kier molecular flexibility index (Phi) is 2.72. The number of aromatic amines is 1. The third kappa shape index (κ3) is 2.30. The number of rotatable bonds is 2. The second-order valence-electron chi connectivity index (χ2n) is 4.61. The Labute approximate surface area is 108 Å². The largest absolute Gasteiger partial charge is 0.417 e. The smallest absolute Gasteiger partial charge is 0.408 e. The van der Waals surface area contributed by atoms with Gasteiger partial charge in [-0.3, -0.25) is 9.78 Å². The van der Waals surface area contributed by atoms with Gasteiger partial charge in [0.05, 0.1) is 11.4 Å². The number of carbonyl (C=O) groups is 1. The summed E-state index contributed by atoms with van der Waals surface area (Å²) in [5, 5.41) is 2.80. The molecule has 0 saturated carbocycles. The predicted molar refractivity (Wildman–Crippen MR) is 70.7 cm³/mol. The first-order valence-corrected chi connectivity index (χ1v) is 5.99. The van der Waals surface area contributed by atoms with Crippen LogP contribution in [-0.2, 0) is 4.79 Å². The maximum absolute atomic E-state index is 12.0. The molecule has 0 spiro atoms. The van der Waals surface area contributed by atoms with Crippen LogP contribution >= 0.6 is 0 Å². The van der Waals surface area contributed by atoms with Crippen LogP contribution < -0.4 is 16.8 Å². The van der Waals surface area contributed by atoms with Gasteiger partial charge in [0.2, 0.25) is 5.91 Å². The van der Waals surface area contributed by atoms with Gasteiger partial charge in [-0.05, 0) is 24.6 Å². The summed E-state index contributed by atoms with van der Waals surface area (Å²) in [6, 6.07) is 4.94. The summed E-state index contributed by atoms with van der Waals surface area (Å²) in [7, 11) is 0. The zero-order valence-corrected chi connectivity index (χ0v) is 10.1. The van der Waals surface area contributed by atoms with Crippen molar-refractivity contribution in [3.63, 3.8) is 0 Å². The van der Waals surface area contributed by atoms with E-state index in [0.29, 0.717) is 23.2 Å². The van der Waals surface area contributed by atoms with E-state index >= 15 is 0 Å². The quantitative estimate of drug-likeness (QED) is 0.699. The Morgan fingerprint density at radius 2 is 2.26 bits per heavy atom. The first kappa shape index (κ1) is 11.7. The van der Waals surface area contributed by atoms with Crippen LogP contribution in [0.4, 0.5) is 5.69 Å². The van der Waals surface area contributed by atoms with Crippen LogP contribution in [0.3, 0.4) is 0 Å². The summed E-state index contributed by atoms with van der Waals surface area (Å²) in [6.07, 6.45) is 4.27. The molecule has 6 heteroatoms. The van der Waals surface area contributed by atoms with Crippen molar-refractivity contribution >= 4 is 22.7 Å². The van der Waals surface area contributed by atoms with Crippen molar-refractivity contribution in [1.29, 1.82) is 0 Å². The Bertz CT molecular complexity index is 713. The number of H-pyrrole nitrogens is 1. The third-order valence-corrected chi connectivity index (χ3v) is 3.14. The summed E-state index contributed by atoms with van der Waals surface area (Å²) in [4.78, 5) is 25.6. The second kappa shape index (κ2) is 4.40. The molecule has 0 fully saturated rings. The van der Waals surface area contributed by atoms with E-state index in [4.69, 9.17) is 10.2 Å². The number of carbonyl (C=O) groups excluding carboxylic acids is 1. The van der Waals surface area contributed by atoms with Gasteiger partial charge in [0.15, 0.2) is 5.58 Å². The molecule has 1 amide bonds. The fourth-order valence-electron chi connectivity index (χ4n) is 2.19. The molecule has 0 aliphatic heterocycles. The first-order valence-electron chi connectivity index (χ1n) is 5.99. The zero-order chi connectivity index (χ0) is 13.4. The highest BCUT2D eigenvalue weighted by Gasteiger charge is 2.22. The number of hydrogen-bond donors (Lipinski definition) is 3. The summed E-state index contributed by atoms with van der Waals surface area (Å²) in [5.41, 5.74) is 7.35. The lowest BCUT2D eigenvalue weighted by Gasteiger charge is -2.10. The molecular weight excluding hydrogens is 246 g/mol. The van der Waals surface area contributed by atoms with Crippen LogP contribution in [0.15, 0.2) is 39.6 Å². The highest BCUT2D eigenvalue weighted by Crippen LogP contribution is 2.20. The molecule has 0 bridgehead atoms. The van der Waals surface area contributed by atoms with Gasteiger partial charge in [0.25, 0.3) is 0 Å². The molecule has 1 heterocycles. The molecule has 1 aromatic carbocycles. The van der Waals surface area contributed by atoms with Crippen LogP contribution in [0.25, 0.3) is 11.1 Å². The molecular formula is C13H13N3O3. The summed E-state index contributed by atoms with van der Waals surface area (Å²) >= 11 is 0. The highest BCUT2D eigenvalue weighted by atomic mass is 16.4. The van der Waals surface area contributed by atoms with E-state index in [2.05, 4.69) is 10.3 Å². The van der Waals surface area contributed by atoms with E-state index in [0.717, 1.165) is 0 Å². The van der Waals surface area contributed by atoms with Crippen LogP contribution in [0.1, 0.15) is 6.42 Å². The van der Waals surface area contributed by atoms with E-state index in [9.17, 15) is 9.59 Å². The van der Waals surface area contributed by atoms with Crippen LogP contribution in [-0.4, -0.2) is 16.9 Å². The molecule has 2 aromatic rings. The number of oxazole rings is 1. The Morgan fingerprint density at radius 1 is 1.42 bits per heavy atom. The lowest BCUT2D eigenvalue weighted by molar-refractivity contribution is -0.118. The summed E-state index contributed by atoms with van der Waals surface area (Å²) < 4.78 is 4.89. The van der Waals surface area contributed by atoms with Crippen molar-refractivity contribution in [2.45, 2.75) is 12.5 Å². The van der Waals surface area contributed by atoms with Gasteiger partial charge >= 0.3 is 5.76 Å². The minimum absolute atomic E-state index is 0.0524. The lowest BCUT2D eigenvalue weighted by atomic mass is 10.1. The third-order valence-electron chi connectivity index (χ3n) is 3.14. The molecule has 19 heavy (non-hydrogen) atoms. The molecule has 1 aliphatic rings. The number of fused-ring (bicyclic) bond motifs is 1. The molecule has 2 atom stereocenters. The van der Waals surface area contributed by atoms with Crippen molar-refractivity contribution in [2.75, 3.05) is 5.32 Å². The van der Waals surface area contributed by atoms with Gasteiger partial charge in [-0.2, -0.15) is 0 Å². The van der Waals surface area contributed by atoms with Gasteiger partial charge in [-0.25, -0.2) is 4.79 Å². The molecule has 6 nitrogen and oxygen atoms in total. The van der Waals surface area contributed by atoms with Crippen molar-refractivity contribution < 1.29 is 9.21 Å². The number of anilines is 1. The average Bonchev–Trinajstić information content (AvgIpc) is 2.93. The summed E-state index contributed by atoms with van der Waals surface area (Å²) in [5.74, 6) is -0.813. The van der Waals surface area contributed by atoms with Gasteiger partial charge in [0.1, 0.15) is 0 Å². The second-order valence-corrected chi connectivity index (χ2v) is 4.61. The number of amides is 1. The van der Waals surface area contributed by atoms with Crippen molar-refractivity contribution in [3.8, 4) is 0 Å². The van der Waals surface area contributed by atoms with Crippen molar-refractivity contribution in [1.82, 2.24) is 4.98 Å². The van der Waals surface area contributed by atoms with E-state index in [1.807, 2.05) is 12.2 Å². The van der Waals surface area contributed by atoms with Crippen LogP contribution in [0.2, 0.25) is 0 Å². The van der Waals surface area contributed by atoms with E-state index < -0.39 is 5.76 Å². The average molecular weight is 259 g/mol. The summed E-state index contributed by atoms with van der Waals surface area (Å²) in [6.45, 7) is 0. The maximum atomic E-state index is 12.0. The number of nitrogens with one attached hydrogen (secondary N) is 2. The topological polar surface area (TPSA) is 101 Å². The van der Waals surface area contributed by atoms with E-state index in [1.54, 1.807) is 18.2 Å². The van der Waals surface area contributed by atoms with Crippen molar-refractivity contribution in [3.05, 3.63) is 40.9 Å². The minimum Gasteiger partial charge on any atom is -0.408 e. The monoisotopic (exact) mass is 259 g/mol. The standard InChI is InChI=1S/C13H13N3O3/c14-8-2-1-7(5-8)12(17)15-9-3-4-11-10(6-9)16-13(18)19-11/h1-4,6-8H,5,14H2,(H,15,17)(H,16,18). The normalized spacial score (nSPS) is 21.9. The molecule has 0 saturated heterocycles. The molecule has 2 unspecified atom stereocenters. The lowest BCUT2D eigenvalue weighted by Crippen LogP contribution is -2.23. The predicted octanol–water partition coefficient (Wildman–Crippen LogP) is 0.963. The fourth-order valence-corrected chi connectivity index (χ4v) is 2.19. The van der Waals surface area contributed by atoms with Gasteiger partial charge < -0.3 is 15.5 Å². The van der Waals surface area contributed by atoms with E-state index in [1.165, 1.54) is 0 Å². The first-order chi connectivity index (χ1) is 9.11. The highest BCUT2D eigenvalue weighted by molar-refractivity contribution is 5.95. The molecule has 4 N–H and O–H groups in total. The Morgan fingerprint density at radius 3 is 3.00 bits per heavy atom. The van der Waals surface area contributed by atoms with E-state index in [-0.39, 0.29) is 17.9 Å². The molecule has 3 rings (SSSR count). The number of aromatic nitrogens is 1. The zero-order valence-electron chi connectivity index (χ0n) is 10.1. The number of benzene rings is 1. The number of nitrogens with two attached hydrogens (primary N) is 1. The molecule has 98 valence electrons. The van der Waals surface area contributed by atoms with Crippen LogP contribution in [0.5, 0.6) is 0 Å². The Hall–Kier alpha value is -2.34.